The number of carbonyl (C=O) groups excluding carboxylic acids is 1. The van der Waals surface area contributed by atoms with Gasteiger partial charge in [-0.15, -0.1) is 0 Å². The molecule has 4 rings (SSSR count). The quantitative estimate of drug-likeness (QED) is 0.116. The summed E-state index contributed by atoms with van der Waals surface area (Å²) in [5.41, 5.74) is 1.30. The minimum atomic E-state index is -4.84. The molecule has 0 aromatic heterocycles. The number of ether oxygens (including phenoxy) is 2. The molecule has 1 atom stereocenters. The van der Waals surface area contributed by atoms with Crippen LogP contribution in [0, 0.1) is 0 Å². The van der Waals surface area contributed by atoms with Crippen LogP contribution in [0.4, 0.5) is 0 Å². The minimum Gasteiger partial charge on any atom is -0.491 e. The Kier molecular flexibility index (Phi) is 9.88. The van der Waals surface area contributed by atoms with Gasteiger partial charge in [-0.2, -0.15) is 16.8 Å². The zero-order valence-corrected chi connectivity index (χ0v) is 27.3. The van der Waals surface area contributed by atoms with Gasteiger partial charge in [0.15, 0.2) is 5.78 Å². The topological polar surface area (TPSA) is 144 Å². The lowest BCUT2D eigenvalue weighted by molar-refractivity contribution is 0.103. The van der Waals surface area contributed by atoms with Gasteiger partial charge in [0.25, 0.3) is 20.2 Å². The van der Waals surface area contributed by atoms with Crippen molar-refractivity contribution in [2.24, 2.45) is 0 Å². The smallest absolute Gasteiger partial charge is 0.298 e. The molecule has 0 saturated heterocycles. The first-order chi connectivity index (χ1) is 21.0. The summed E-state index contributed by atoms with van der Waals surface area (Å²) in [6, 6.07) is 21.9. The zero-order valence-electron chi connectivity index (χ0n) is 25.6. The fourth-order valence-electron chi connectivity index (χ4n) is 4.61. The molecular weight excluding hydrogens is 616 g/mol. The van der Waals surface area contributed by atoms with Crippen LogP contribution in [0.25, 0.3) is 11.1 Å². The number of rotatable bonds is 12. The fourth-order valence-corrected chi connectivity index (χ4v) is 6.15. The molecule has 4 aromatic rings. The summed E-state index contributed by atoms with van der Waals surface area (Å²) < 4.78 is 80.5. The van der Waals surface area contributed by atoms with Crippen molar-refractivity contribution in [3.05, 3.63) is 102 Å². The second-order valence-corrected chi connectivity index (χ2v) is 14.2. The van der Waals surface area contributed by atoms with Crippen LogP contribution >= 0.6 is 0 Å². The SMILES string of the molecule is CCC(C)Oc1ccc(-c2ccc(Oc3ccc(C(=O)c4ccc(C(C)(C)CC)c(S(=O)(=O)O)c4)cc3S(=O)(=O)O)cc2)cc1. The average Bonchev–Trinajstić information content (AvgIpc) is 3.00. The largest absolute Gasteiger partial charge is 0.491 e. The molecule has 0 aliphatic heterocycles. The lowest BCUT2D eigenvalue weighted by Crippen LogP contribution is -2.20. The maximum absolute atomic E-state index is 13.4. The third kappa shape index (κ3) is 7.98. The molecule has 0 spiro atoms. The third-order valence-electron chi connectivity index (χ3n) is 7.80. The van der Waals surface area contributed by atoms with Crippen molar-refractivity contribution >= 4 is 26.0 Å². The van der Waals surface area contributed by atoms with Gasteiger partial charge in [-0.05, 0) is 90.4 Å². The Labute approximate surface area is 264 Å². The summed E-state index contributed by atoms with van der Waals surface area (Å²) in [5, 5.41) is 0. The van der Waals surface area contributed by atoms with E-state index in [9.17, 15) is 30.7 Å². The highest BCUT2D eigenvalue weighted by Crippen LogP contribution is 2.35. The number of ketones is 1. The molecule has 11 heteroatoms. The molecule has 1 unspecified atom stereocenters. The summed E-state index contributed by atoms with van der Waals surface area (Å²) in [7, 11) is -9.52. The van der Waals surface area contributed by atoms with Crippen LogP contribution in [0.15, 0.2) is 94.7 Å². The van der Waals surface area contributed by atoms with Gasteiger partial charge in [0.1, 0.15) is 22.1 Å². The van der Waals surface area contributed by atoms with Crippen LogP contribution in [-0.2, 0) is 25.7 Å². The summed E-state index contributed by atoms with van der Waals surface area (Å²) in [6.45, 7) is 9.54. The maximum atomic E-state index is 13.4. The zero-order chi connectivity index (χ0) is 33.2. The Morgan fingerprint density at radius 1 is 0.733 bits per heavy atom. The van der Waals surface area contributed by atoms with E-state index < -0.39 is 41.2 Å². The van der Waals surface area contributed by atoms with Crippen LogP contribution in [0.5, 0.6) is 17.2 Å². The molecular formula is C34H36O9S2. The monoisotopic (exact) mass is 652 g/mol. The Bertz CT molecular complexity index is 1910. The molecule has 0 aliphatic rings. The van der Waals surface area contributed by atoms with Crippen LogP contribution in [0.3, 0.4) is 0 Å². The van der Waals surface area contributed by atoms with E-state index in [-0.39, 0.29) is 28.7 Å². The second kappa shape index (κ2) is 13.1. The van der Waals surface area contributed by atoms with E-state index >= 15 is 0 Å². The molecule has 0 aliphatic carbocycles. The first-order valence-corrected chi connectivity index (χ1v) is 17.2. The highest BCUT2D eigenvalue weighted by molar-refractivity contribution is 7.86. The first kappa shape index (κ1) is 33.9. The molecule has 0 heterocycles. The van der Waals surface area contributed by atoms with Crippen molar-refractivity contribution in [1.29, 1.82) is 0 Å². The van der Waals surface area contributed by atoms with Crippen molar-refractivity contribution in [3.63, 3.8) is 0 Å². The Balaban J connectivity index is 1.62. The van der Waals surface area contributed by atoms with Crippen LogP contribution in [0.2, 0.25) is 0 Å². The molecule has 0 fully saturated rings. The van der Waals surface area contributed by atoms with Gasteiger partial charge in [-0.3, -0.25) is 13.9 Å². The van der Waals surface area contributed by atoms with E-state index in [0.29, 0.717) is 12.0 Å². The van der Waals surface area contributed by atoms with Gasteiger partial charge in [-0.1, -0.05) is 64.1 Å². The predicted molar refractivity (Wildman–Crippen MR) is 172 cm³/mol. The van der Waals surface area contributed by atoms with Crippen molar-refractivity contribution < 1.29 is 40.2 Å². The van der Waals surface area contributed by atoms with E-state index in [1.165, 1.54) is 24.3 Å². The van der Waals surface area contributed by atoms with Gasteiger partial charge in [0, 0.05) is 11.1 Å². The fraction of sp³-hybridized carbons (Fsp3) is 0.265. The predicted octanol–water partition coefficient (Wildman–Crippen LogP) is 7.74. The van der Waals surface area contributed by atoms with Gasteiger partial charge >= 0.3 is 0 Å². The van der Waals surface area contributed by atoms with Gasteiger partial charge in [0.05, 0.1) is 11.0 Å². The Hall–Kier alpha value is -4.03. The van der Waals surface area contributed by atoms with Gasteiger partial charge in [-0.25, -0.2) is 0 Å². The molecule has 2 N–H and O–H groups in total. The summed E-state index contributed by atoms with van der Waals surface area (Å²) in [6.07, 6.45) is 1.56. The van der Waals surface area contributed by atoms with E-state index in [2.05, 4.69) is 0 Å². The standard InChI is InChI=1S/C34H36O9S2/c1-6-22(3)42-27-14-8-23(9-15-27)24-10-16-28(17-11-24)43-30-19-13-26(21-32(30)45(39,40)41)33(35)25-12-18-29(34(4,5)7-2)31(20-25)44(36,37)38/h8-22H,6-7H2,1-5H3,(H,36,37,38)(H,39,40,41). The number of carbonyl (C=O) groups is 1. The van der Waals surface area contributed by atoms with Crippen molar-refractivity contribution in [2.45, 2.75) is 68.8 Å². The molecule has 238 valence electrons. The van der Waals surface area contributed by atoms with Crippen LogP contribution in [-0.4, -0.2) is 37.8 Å². The van der Waals surface area contributed by atoms with Crippen LogP contribution < -0.4 is 9.47 Å². The summed E-state index contributed by atoms with van der Waals surface area (Å²) >= 11 is 0. The number of hydrogen-bond donors (Lipinski definition) is 2. The maximum Gasteiger partial charge on any atom is 0.298 e. The van der Waals surface area contributed by atoms with Crippen LogP contribution in [0.1, 0.15) is 68.9 Å². The summed E-state index contributed by atoms with van der Waals surface area (Å²) in [4.78, 5) is 12.3. The molecule has 4 aromatic carbocycles. The average molecular weight is 653 g/mol. The summed E-state index contributed by atoms with van der Waals surface area (Å²) in [5.74, 6) is 0.115. The highest BCUT2D eigenvalue weighted by atomic mass is 32.2. The molecule has 0 saturated carbocycles. The number of hydrogen-bond acceptors (Lipinski definition) is 7. The molecule has 45 heavy (non-hydrogen) atoms. The normalized spacial score (nSPS) is 12.9. The number of benzene rings is 4. The van der Waals surface area contributed by atoms with E-state index in [1.807, 2.05) is 58.9 Å². The first-order valence-electron chi connectivity index (χ1n) is 14.4. The molecule has 9 nitrogen and oxygen atoms in total. The van der Waals surface area contributed by atoms with Crippen molar-refractivity contribution in [3.8, 4) is 28.4 Å². The Morgan fingerprint density at radius 2 is 1.22 bits per heavy atom. The van der Waals surface area contributed by atoms with Gasteiger partial charge in [0.2, 0.25) is 0 Å². The van der Waals surface area contributed by atoms with E-state index in [4.69, 9.17) is 9.47 Å². The molecule has 0 amide bonds. The lowest BCUT2D eigenvalue weighted by atomic mass is 9.81. The second-order valence-electron chi connectivity index (χ2n) is 11.4. The Morgan fingerprint density at radius 3 is 1.71 bits per heavy atom. The van der Waals surface area contributed by atoms with Gasteiger partial charge < -0.3 is 9.47 Å². The lowest BCUT2D eigenvalue weighted by Gasteiger charge is -2.25. The van der Waals surface area contributed by atoms with Crippen molar-refractivity contribution in [2.75, 3.05) is 0 Å². The minimum absolute atomic E-state index is 0.0942. The third-order valence-corrected chi connectivity index (χ3v) is 9.57. The molecule has 0 bridgehead atoms. The van der Waals surface area contributed by atoms with Crippen molar-refractivity contribution in [1.82, 2.24) is 0 Å². The van der Waals surface area contributed by atoms with E-state index in [0.717, 1.165) is 35.4 Å². The highest BCUT2D eigenvalue weighted by Gasteiger charge is 2.29. The molecule has 0 radical (unpaired) electrons. The van der Waals surface area contributed by atoms with E-state index in [1.54, 1.807) is 24.3 Å².